The number of hydrogen-bond acceptors (Lipinski definition) is 4. The number of pyridine rings is 1. The summed E-state index contributed by atoms with van der Waals surface area (Å²) < 4.78 is 0. The van der Waals surface area contributed by atoms with Crippen molar-refractivity contribution in [2.24, 2.45) is 0 Å². The monoisotopic (exact) mass is 315 g/mol. The van der Waals surface area contributed by atoms with Gasteiger partial charge in [-0.1, -0.05) is 0 Å². The van der Waals surface area contributed by atoms with E-state index in [9.17, 15) is 4.79 Å². The number of carbonyl (C=O) groups is 1. The fourth-order valence-corrected chi connectivity index (χ4v) is 2.53. The molecule has 0 saturated carbocycles. The zero-order valence-corrected chi connectivity index (χ0v) is 13.9. The maximum Gasteiger partial charge on any atom is 0.241 e. The Morgan fingerprint density at radius 3 is 2.32 bits per heavy atom. The fraction of sp³-hybridized carbons (Fsp3) is 0.294. The van der Waals surface area contributed by atoms with Crippen molar-refractivity contribution in [3.63, 3.8) is 0 Å². The number of nitrogens with zero attached hydrogens (tertiary/aromatic N) is 1. The Morgan fingerprint density at radius 1 is 1.09 bits per heavy atom. The van der Waals surface area contributed by atoms with Crippen molar-refractivity contribution >= 4 is 23.4 Å². The Kier molecular flexibility index (Phi) is 5.98. The summed E-state index contributed by atoms with van der Waals surface area (Å²) in [5.41, 5.74) is 1.92. The summed E-state index contributed by atoms with van der Waals surface area (Å²) in [5, 5.41) is 6.22. The number of anilines is 1. The smallest absolute Gasteiger partial charge is 0.241 e. The van der Waals surface area contributed by atoms with E-state index in [-0.39, 0.29) is 18.0 Å². The number of aromatic nitrogens is 1. The second kappa shape index (κ2) is 7.96. The second-order valence-corrected chi connectivity index (χ2v) is 5.99. The Bertz CT molecular complexity index is 601. The van der Waals surface area contributed by atoms with E-state index in [0.29, 0.717) is 0 Å². The van der Waals surface area contributed by atoms with E-state index in [2.05, 4.69) is 15.6 Å². The Morgan fingerprint density at radius 2 is 1.73 bits per heavy atom. The molecule has 0 aliphatic carbocycles. The zero-order valence-electron chi connectivity index (χ0n) is 13.0. The van der Waals surface area contributed by atoms with Gasteiger partial charge >= 0.3 is 0 Å². The third-order valence-corrected chi connectivity index (χ3v) is 4.20. The van der Waals surface area contributed by atoms with Crippen LogP contribution in [-0.2, 0) is 4.79 Å². The van der Waals surface area contributed by atoms with Crippen molar-refractivity contribution in [1.29, 1.82) is 0 Å². The summed E-state index contributed by atoms with van der Waals surface area (Å²) in [4.78, 5) is 17.4. The average Bonchev–Trinajstić information content (AvgIpc) is 2.56. The van der Waals surface area contributed by atoms with E-state index < -0.39 is 0 Å². The number of thioether (sulfide) groups is 1. The van der Waals surface area contributed by atoms with E-state index in [1.165, 1.54) is 4.90 Å². The molecular formula is C17H21N3OS. The van der Waals surface area contributed by atoms with Gasteiger partial charge in [-0.2, -0.15) is 0 Å². The molecule has 116 valence electrons. The van der Waals surface area contributed by atoms with Crippen LogP contribution in [0.4, 0.5) is 5.69 Å². The summed E-state index contributed by atoms with van der Waals surface area (Å²) >= 11 is 1.68. The van der Waals surface area contributed by atoms with Crippen molar-refractivity contribution in [2.45, 2.75) is 30.8 Å². The van der Waals surface area contributed by atoms with Crippen molar-refractivity contribution in [1.82, 2.24) is 10.3 Å². The minimum Gasteiger partial charge on any atom is -0.325 e. The molecule has 1 heterocycles. The van der Waals surface area contributed by atoms with E-state index in [1.54, 1.807) is 24.2 Å². The summed E-state index contributed by atoms with van der Waals surface area (Å²) in [5.74, 6) is -0.0437. The third kappa shape index (κ3) is 4.58. The highest BCUT2D eigenvalue weighted by Crippen LogP contribution is 2.18. The maximum atomic E-state index is 12.2. The van der Waals surface area contributed by atoms with Crippen LogP contribution in [0.1, 0.15) is 25.5 Å². The topological polar surface area (TPSA) is 54.0 Å². The Hall–Kier alpha value is -1.85. The number of hydrogen-bond donors (Lipinski definition) is 2. The van der Waals surface area contributed by atoms with Gasteiger partial charge in [-0.15, -0.1) is 11.8 Å². The molecule has 0 bridgehead atoms. The van der Waals surface area contributed by atoms with Gasteiger partial charge in [0.1, 0.15) is 0 Å². The molecule has 22 heavy (non-hydrogen) atoms. The minimum atomic E-state index is -0.289. The molecule has 0 unspecified atom stereocenters. The normalized spacial score (nSPS) is 13.4. The lowest BCUT2D eigenvalue weighted by Crippen LogP contribution is -2.39. The molecule has 2 aromatic rings. The van der Waals surface area contributed by atoms with Gasteiger partial charge in [0.15, 0.2) is 0 Å². The minimum absolute atomic E-state index is 0.0437. The first-order valence-electron chi connectivity index (χ1n) is 7.21. The molecule has 2 atom stereocenters. The van der Waals surface area contributed by atoms with Crippen LogP contribution in [0, 0.1) is 0 Å². The van der Waals surface area contributed by atoms with Crippen molar-refractivity contribution < 1.29 is 4.79 Å². The molecule has 2 rings (SSSR count). The molecule has 2 N–H and O–H groups in total. The van der Waals surface area contributed by atoms with Crippen LogP contribution in [0.15, 0.2) is 53.7 Å². The van der Waals surface area contributed by atoms with Gasteiger partial charge in [0, 0.05) is 29.0 Å². The summed E-state index contributed by atoms with van der Waals surface area (Å²) in [7, 11) is 0. The summed E-state index contributed by atoms with van der Waals surface area (Å²) in [6, 6.07) is 11.5. The van der Waals surface area contributed by atoms with Crippen LogP contribution >= 0.6 is 11.8 Å². The van der Waals surface area contributed by atoms with Crippen LogP contribution < -0.4 is 10.6 Å². The van der Waals surface area contributed by atoms with Gasteiger partial charge < -0.3 is 5.32 Å². The Balaban J connectivity index is 1.91. The molecule has 1 amide bonds. The van der Waals surface area contributed by atoms with Crippen LogP contribution in [0.5, 0.6) is 0 Å². The number of benzene rings is 1. The van der Waals surface area contributed by atoms with Crippen molar-refractivity contribution in [3.8, 4) is 0 Å². The molecule has 0 fully saturated rings. The molecule has 1 aromatic carbocycles. The average molecular weight is 315 g/mol. The number of rotatable bonds is 6. The van der Waals surface area contributed by atoms with Gasteiger partial charge in [0.25, 0.3) is 0 Å². The Labute approximate surface area is 135 Å². The van der Waals surface area contributed by atoms with Gasteiger partial charge in [-0.05, 0) is 62.1 Å². The van der Waals surface area contributed by atoms with Crippen LogP contribution in [0.3, 0.4) is 0 Å². The molecule has 0 aliphatic rings. The van der Waals surface area contributed by atoms with Crippen LogP contribution in [-0.4, -0.2) is 23.2 Å². The quantitative estimate of drug-likeness (QED) is 0.801. The van der Waals surface area contributed by atoms with E-state index in [0.717, 1.165) is 11.3 Å². The highest BCUT2D eigenvalue weighted by atomic mass is 32.2. The molecule has 0 aliphatic heterocycles. The highest BCUT2D eigenvalue weighted by Gasteiger charge is 2.16. The zero-order chi connectivity index (χ0) is 15.9. The van der Waals surface area contributed by atoms with Crippen LogP contribution in [0.2, 0.25) is 0 Å². The lowest BCUT2D eigenvalue weighted by molar-refractivity contribution is -0.117. The van der Waals surface area contributed by atoms with Gasteiger partial charge in [-0.3, -0.25) is 15.1 Å². The van der Waals surface area contributed by atoms with Gasteiger partial charge in [0.2, 0.25) is 5.91 Å². The lowest BCUT2D eigenvalue weighted by Gasteiger charge is -2.20. The first kappa shape index (κ1) is 16.5. The molecule has 0 spiro atoms. The lowest BCUT2D eigenvalue weighted by atomic mass is 10.1. The molecule has 1 aromatic heterocycles. The predicted molar refractivity (Wildman–Crippen MR) is 92.1 cm³/mol. The molecular weight excluding hydrogens is 294 g/mol. The molecule has 5 heteroatoms. The van der Waals surface area contributed by atoms with E-state index in [4.69, 9.17) is 0 Å². The highest BCUT2D eigenvalue weighted by molar-refractivity contribution is 7.98. The molecule has 4 nitrogen and oxygen atoms in total. The van der Waals surface area contributed by atoms with Crippen LogP contribution in [0.25, 0.3) is 0 Å². The van der Waals surface area contributed by atoms with E-state index in [1.807, 2.05) is 56.5 Å². The molecule has 0 radical (unpaired) electrons. The van der Waals surface area contributed by atoms with Gasteiger partial charge in [-0.25, -0.2) is 0 Å². The molecule has 0 saturated heterocycles. The van der Waals surface area contributed by atoms with Crippen molar-refractivity contribution in [3.05, 3.63) is 54.4 Å². The third-order valence-electron chi connectivity index (χ3n) is 3.46. The van der Waals surface area contributed by atoms with E-state index >= 15 is 0 Å². The van der Waals surface area contributed by atoms with Crippen molar-refractivity contribution in [2.75, 3.05) is 11.6 Å². The predicted octanol–water partition coefficient (Wildman–Crippen LogP) is 3.48. The number of nitrogens with one attached hydrogen (secondary N) is 2. The fourth-order valence-electron chi connectivity index (χ4n) is 2.12. The number of carbonyl (C=O) groups excluding carboxylic acids is 1. The largest absolute Gasteiger partial charge is 0.325 e. The first-order chi connectivity index (χ1) is 10.6. The SMILES string of the molecule is CSc1ccc(NC(=O)[C@H](C)N[C@H](C)c2ccncc2)cc1. The first-order valence-corrected chi connectivity index (χ1v) is 8.43. The number of amides is 1. The standard InChI is InChI=1S/C17H21N3OS/c1-12(14-8-10-18-11-9-14)19-13(2)17(21)20-15-4-6-16(22-3)7-5-15/h4-13,19H,1-3H3,(H,20,21)/t12-,13+/m1/s1. The summed E-state index contributed by atoms with van der Waals surface area (Å²) in [6.45, 7) is 3.90. The second-order valence-electron chi connectivity index (χ2n) is 5.11. The maximum absolute atomic E-state index is 12.2. The van der Waals surface area contributed by atoms with Gasteiger partial charge in [0.05, 0.1) is 6.04 Å². The summed E-state index contributed by atoms with van der Waals surface area (Å²) in [6.07, 6.45) is 5.54.